The van der Waals surface area contributed by atoms with Gasteiger partial charge in [0, 0.05) is 0 Å². The van der Waals surface area contributed by atoms with Crippen molar-refractivity contribution in [2.24, 2.45) is 17.8 Å². The molecule has 2 heteroatoms. The Bertz CT molecular complexity index is 220. The number of carboxylic acid groups (broad SMARTS) is 1. The number of allylic oxidation sites excluding steroid dienone is 2. The van der Waals surface area contributed by atoms with Crippen molar-refractivity contribution in [3.05, 3.63) is 12.2 Å². The van der Waals surface area contributed by atoms with E-state index in [1.807, 2.05) is 0 Å². The van der Waals surface area contributed by atoms with Crippen LogP contribution in [0.3, 0.4) is 0 Å². The molecule has 12 heavy (non-hydrogen) atoms. The van der Waals surface area contributed by atoms with Crippen LogP contribution in [0.5, 0.6) is 0 Å². The van der Waals surface area contributed by atoms with Gasteiger partial charge in [0.1, 0.15) is 0 Å². The molecule has 2 bridgehead atoms. The molecule has 1 fully saturated rings. The monoisotopic (exact) mass is 166 g/mol. The molecule has 0 aromatic heterocycles. The van der Waals surface area contributed by atoms with Crippen LogP contribution in [0.4, 0.5) is 0 Å². The van der Waals surface area contributed by atoms with Crippen molar-refractivity contribution < 1.29 is 9.90 Å². The number of carbonyl (C=O) groups is 1. The van der Waals surface area contributed by atoms with Crippen molar-refractivity contribution in [3.63, 3.8) is 0 Å². The van der Waals surface area contributed by atoms with Crippen molar-refractivity contribution in [2.75, 3.05) is 0 Å². The summed E-state index contributed by atoms with van der Waals surface area (Å²) < 4.78 is 0. The molecule has 0 aliphatic heterocycles. The maximum Gasteiger partial charge on any atom is 0.306 e. The molecule has 2 aliphatic rings. The molecule has 2 nitrogen and oxygen atoms in total. The maximum atomic E-state index is 10.8. The minimum atomic E-state index is -0.597. The van der Waals surface area contributed by atoms with E-state index >= 15 is 0 Å². The first kappa shape index (κ1) is 7.84. The number of carboxylic acids is 1. The second-order valence-corrected chi connectivity index (χ2v) is 4.03. The summed E-state index contributed by atoms with van der Waals surface area (Å²) in [6, 6.07) is 0. The Kier molecular flexibility index (Phi) is 1.91. The van der Waals surface area contributed by atoms with Gasteiger partial charge < -0.3 is 5.11 Å². The van der Waals surface area contributed by atoms with E-state index in [0.29, 0.717) is 11.8 Å². The van der Waals surface area contributed by atoms with Gasteiger partial charge in [-0.3, -0.25) is 4.79 Å². The van der Waals surface area contributed by atoms with E-state index in [-0.39, 0.29) is 5.92 Å². The molecule has 1 saturated carbocycles. The topological polar surface area (TPSA) is 37.3 Å². The van der Waals surface area contributed by atoms with Crippen molar-refractivity contribution in [2.45, 2.75) is 25.7 Å². The zero-order valence-electron chi connectivity index (χ0n) is 7.07. The van der Waals surface area contributed by atoms with Gasteiger partial charge in [-0.25, -0.2) is 0 Å². The fraction of sp³-hybridized carbons (Fsp3) is 0.700. The van der Waals surface area contributed by atoms with Gasteiger partial charge in [0.2, 0.25) is 0 Å². The van der Waals surface area contributed by atoms with Crippen LogP contribution in [0.15, 0.2) is 12.2 Å². The van der Waals surface area contributed by atoms with E-state index in [1.165, 1.54) is 6.42 Å². The molecule has 0 amide bonds. The minimum Gasteiger partial charge on any atom is -0.481 e. The zero-order valence-corrected chi connectivity index (χ0v) is 7.07. The third kappa shape index (κ3) is 1.38. The average Bonchev–Trinajstić information content (AvgIpc) is 2.03. The van der Waals surface area contributed by atoms with Gasteiger partial charge >= 0.3 is 5.97 Å². The zero-order chi connectivity index (χ0) is 8.55. The minimum absolute atomic E-state index is 0.0706. The van der Waals surface area contributed by atoms with E-state index < -0.39 is 5.97 Å². The number of rotatable bonds is 1. The van der Waals surface area contributed by atoms with Crippen LogP contribution in [-0.4, -0.2) is 11.1 Å². The molecule has 0 spiro atoms. The quantitative estimate of drug-likeness (QED) is 0.605. The highest BCUT2D eigenvalue weighted by atomic mass is 16.4. The number of aliphatic carboxylic acids is 1. The lowest BCUT2D eigenvalue weighted by Gasteiger charge is -2.33. The predicted octanol–water partition coefficient (Wildman–Crippen LogP) is 2.06. The largest absolute Gasteiger partial charge is 0.481 e. The number of hydrogen-bond acceptors (Lipinski definition) is 1. The number of hydrogen-bond donors (Lipinski definition) is 1. The lowest BCUT2D eigenvalue weighted by Crippen LogP contribution is -2.28. The SMILES string of the molecule is O=C(O)[C@@H]1C[C@H]2C=CC[C@H](C2)C1. The molecule has 0 heterocycles. The summed E-state index contributed by atoms with van der Waals surface area (Å²) in [5, 5.41) is 8.87. The summed E-state index contributed by atoms with van der Waals surface area (Å²) in [5.41, 5.74) is 0. The van der Waals surface area contributed by atoms with Crippen molar-refractivity contribution >= 4 is 5.97 Å². The molecule has 1 N–H and O–H groups in total. The van der Waals surface area contributed by atoms with Gasteiger partial charge in [-0.2, -0.15) is 0 Å². The van der Waals surface area contributed by atoms with E-state index in [9.17, 15) is 4.79 Å². The van der Waals surface area contributed by atoms with Gasteiger partial charge in [0.05, 0.1) is 5.92 Å². The molecule has 0 aromatic carbocycles. The van der Waals surface area contributed by atoms with Gasteiger partial charge in [0.15, 0.2) is 0 Å². The molecule has 0 unspecified atom stereocenters. The maximum absolute atomic E-state index is 10.8. The van der Waals surface area contributed by atoms with E-state index in [4.69, 9.17) is 5.11 Å². The molecular formula is C10H14O2. The van der Waals surface area contributed by atoms with Gasteiger partial charge in [-0.15, -0.1) is 0 Å². The average molecular weight is 166 g/mol. The Morgan fingerprint density at radius 2 is 2.17 bits per heavy atom. The van der Waals surface area contributed by atoms with Crippen LogP contribution >= 0.6 is 0 Å². The fourth-order valence-corrected chi connectivity index (χ4v) is 2.50. The highest BCUT2D eigenvalue weighted by Gasteiger charge is 2.32. The highest BCUT2D eigenvalue weighted by molar-refractivity contribution is 5.70. The van der Waals surface area contributed by atoms with E-state index in [2.05, 4.69) is 12.2 Å². The van der Waals surface area contributed by atoms with E-state index in [1.54, 1.807) is 0 Å². The summed E-state index contributed by atoms with van der Waals surface area (Å²) in [5.74, 6) is 0.534. The highest BCUT2D eigenvalue weighted by Crippen LogP contribution is 2.39. The van der Waals surface area contributed by atoms with Crippen LogP contribution < -0.4 is 0 Å². The van der Waals surface area contributed by atoms with Crippen LogP contribution in [-0.2, 0) is 4.79 Å². The van der Waals surface area contributed by atoms with Crippen molar-refractivity contribution in [1.82, 2.24) is 0 Å². The predicted molar refractivity (Wildman–Crippen MR) is 45.7 cm³/mol. The second kappa shape index (κ2) is 2.92. The third-order valence-electron chi connectivity index (χ3n) is 3.07. The molecule has 66 valence electrons. The Hall–Kier alpha value is -0.790. The lowest BCUT2D eigenvalue weighted by atomic mass is 9.71. The molecule has 0 radical (unpaired) electrons. The number of fused-ring (bicyclic) bond motifs is 2. The summed E-state index contributed by atoms with van der Waals surface area (Å²) in [6.45, 7) is 0. The summed E-state index contributed by atoms with van der Waals surface area (Å²) in [4.78, 5) is 10.8. The van der Waals surface area contributed by atoms with Crippen molar-refractivity contribution in [3.8, 4) is 0 Å². The summed E-state index contributed by atoms with van der Waals surface area (Å²) in [6.07, 6.45) is 8.50. The molecule has 2 aliphatic carbocycles. The first-order valence-electron chi connectivity index (χ1n) is 4.65. The molecular weight excluding hydrogens is 152 g/mol. The lowest BCUT2D eigenvalue weighted by molar-refractivity contribution is -0.143. The summed E-state index contributed by atoms with van der Waals surface area (Å²) >= 11 is 0. The van der Waals surface area contributed by atoms with E-state index in [0.717, 1.165) is 19.3 Å². The standard InChI is InChI=1S/C10H14O2/c11-10(12)9-5-7-2-1-3-8(4-7)6-9/h1-2,7-9H,3-6H2,(H,11,12)/t7-,8+,9+/m0/s1. The van der Waals surface area contributed by atoms with Gasteiger partial charge in [-0.1, -0.05) is 12.2 Å². The first-order valence-corrected chi connectivity index (χ1v) is 4.65. The fourth-order valence-electron chi connectivity index (χ4n) is 2.50. The van der Waals surface area contributed by atoms with Gasteiger partial charge in [-0.05, 0) is 37.5 Å². The molecule has 3 atom stereocenters. The van der Waals surface area contributed by atoms with Crippen LogP contribution in [0, 0.1) is 17.8 Å². The Morgan fingerprint density at radius 1 is 1.33 bits per heavy atom. The molecule has 0 saturated heterocycles. The smallest absolute Gasteiger partial charge is 0.306 e. The van der Waals surface area contributed by atoms with Crippen LogP contribution in [0.2, 0.25) is 0 Å². The Morgan fingerprint density at radius 3 is 2.83 bits per heavy atom. The second-order valence-electron chi connectivity index (χ2n) is 4.03. The normalized spacial score (nSPS) is 39.5. The Balaban J connectivity index is 2.07. The third-order valence-corrected chi connectivity index (χ3v) is 3.07. The molecule has 0 aromatic rings. The van der Waals surface area contributed by atoms with Crippen molar-refractivity contribution in [1.29, 1.82) is 0 Å². The van der Waals surface area contributed by atoms with Crippen LogP contribution in [0.1, 0.15) is 25.7 Å². The first-order chi connectivity index (χ1) is 5.75. The molecule has 2 rings (SSSR count). The van der Waals surface area contributed by atoms with Gasteiger partial charge in [0.25, 0.3) is 0 Å². The Labute approximate surface area is 72.3 Å². The van der Waals surface area contributed by atoms with Crippen LogP contribution in [0.25, 0.3) is 0 Å². The summed E-state index contributed by atoms with van der Waals surface area (Å²) in [7, 11) is 0.